The molecule has 3 rings (SSSR count). The van der Waals surface area contributed by atoms with Crippen LogP contribution < -0.4 is 0 Å². The first-order chi connectivity index (χ1) is 7.74. The number of rotatable bonds is 1. The van der Waals surface area contributed by atoms with E-state index in [-0.39, 0.29) is 5.75 Å². The Morgan fingerprint density at radius 3 is 3.00 bits per heavy atom. The van der Waals surface area contributed by atoms with Gasteiger partial charge >= 0.3 is 0 Å². The van der Waals surface area contributed by atoms with Crippen LogP contribution in [0, 0.1) is 0 Å². The van der Waals surface area contributed by atoms with Crippen LogP contribution in [0.1, 0.15) is 11.3 Å². The highest BCUT2D eigenvalue weighted by molar-refractivity contribution is 5.41. The second kappa shape index (κ2) is 3.35. The number of nitrogens with zero attached hydrogens (tertiary/aromatic N) is 3. The summed E-state index contributed by atoms with van der Waals surface area (Å²) < 4.78 is 1.90. The molecule has 16 heavy (non-hydrogen) atoms. The summed E-state index contributed by atoms with van der Waals surface area (Å²) >= 11 is 0. The molecule has 0 atom stereocenters. The van der Waals surface area contributed by atoms with E-state index in [2.05, 4.69) is 17.0 Å². The van der Waals surface area contributed by atoms with Crippen LogP contribution in [0.15, 0.2) is 30.5 Å². The van der Waals surface area contributed by atoms with Crippen LogP contribution in [-0.2, 0) is 13.1 Å². The molecule has 82 valence electrons. The average molecular weight is 215 g/mol. The molecule has 0 saturated heterocycles. The molecule has 1 aromatic carbocycles. The predicted octanol–water partition coefficient (Wildman–Crippen LogP) is 1.52. The van der Waals surface area contributed by atoms with Crippen molar-refractivity contribution < 1.29 is 5.11 Å². The summed E-state index contributed by atoms with van der Waals surface area (Å²) in [6.45, 7) is 1.86. The van der Waals surface area contributed by atoms with E-state index in [4.69, 9.17) is 0 Å². The fraction of sp³-hybridized carbons (Fsp3) is 0.250. The van der Waals surface area contributed by atoms with Gasteiger partial charge in [0.15, 0.2) is 0 Å². The Labute approximate surface area is 93.7 Å². The third kappa shape index (κ3) is 1.39. The van der Waals surface area contributed by atoms with Gasteiger partial charge in [-0.25, -0.2) is 4.68 Å². The summed E-state index contributed by atoms with van der Waals surface area (Å²) in [5.74, 6) is 0.271. The normalized spacial score (nSPS) is 15.3. The molecular formula is C12H13N3O. The first kappa shape index (κ1) is 9.42. The maximum absolute atomic E-state index is 9.46. The number of phenolic OH excluding ortho intramolecular Hbond substituents is 1. The zero-order valence-corrected chi connectivity index (χ0v) is 9.09. The van der Waals surface area contributed by atoms with E-state index in [1.807, 2.05) is 23.0 Å². The smallest absolute Gasteiger partial charge is 0.117 e. The summed E-state index contributed by atoms with van der Waals surface area (Å²) in [6.07, 6.45) is 1.91. The fourth-order valence-corrected chi connectivity index (χ4v) is 2.16. The zero-order chi connectivity index (χ0) is 11.1. The zero-order valence-electron chi connectivity index (χ0n) is 9.09. The Kier molecular flexibility index (Phi) is 1.97. The van der Waals surface area contributed by atoms with Crippen molar-refractivity contribution in [1.29, 1.82) is 0 Å². The van der Waals surface area contributed by atoms with E-state index in [9.17, 15) is 5.11 Å². The molecular weight excluding hydrogens is 202 g/mol. The molecule has 4 heteroatoms. The lowest BCUT2D eigenvalue weighted by molar-refractivity contribution is 0.346. The summed E-state index contributed by atoms with van der Waals surface area (Å²) in [7, 11) is 2.09. The molecule has 0 saturated carbocycles. The molecule has 2 aromatic rings. The van der Waals surface area contributed by atoms with Gasteiger partial charge in [-0.2, -0.15) is 5.10 Å². The van der Waals surface area contributed by atoms with Gasteiger partial charge in [-0.1, -0.05) is 6.07 Å². The molecule has 0 bridgehead atoms. The van der Waals surface area contributed by atoms with Gasteiger partial charge in [0.25, 0.3) is 0 Å². The fourth-order valence-electron chi connectivity index (χ4n) is 2.16. The molecule has 4 nitrogen and oxygen atoms in total. The predicted molar refractivity (Wildman–Crippen MR) is 60.4 cm³/mol. The number of aromatic nitrogens is 2. The molecule has 0 radical (unpaired) electrons. The lowest BCUT2D eigenvalue weighted by atomic mass is 10.2. The van der Waals surface area contributed by atoms with E-state index >= 15 is 0 Å². The number of aromatic hydroxyl groups is 1. The van der Waals surface area contributed by atoms with Crippen molar-refractivity contribution in [2.45, 2.75) is 13.1 Å². The Balaban J connectivity index is 2.08. The van der Waals surface area contributed by atoms with Crippen LogP contribution in [0.5, 0.6) is 5.75 Å². The first-order valence-electron chi connectivity index (χ1n) is 5.28. The van der Waals surface area contributed by atoms with E-state index < -0.39 is 0 Å². The van der Waals surface area contributed by atoms with Crippen LogP contribution in [0.3, 0.4) is 0 Å². The molecule has 1 aromatic heterocycles. The first-order valence-corrected chi connectivity index (χ1v) is 5.28. The lowest BCUT2D eigenvalue weighted by Crippen LogP contribution is -2.11. The number of phenols is 1. The maximum Gasteiger partial charge on any atom is 0.117 e. The van der Waals surface area contributed by atoms with Crippen molar-refractivity contribution in [3.63, 3.8) is 0 Å². The summed E-state index contributed by atoms with van der Waals surface area (Å²) in [6, 6.07) is 7.17. The van der Waals surface area contributed by atoms with Crippen LogP contribution >= 0.6 is 0 Å². The monoisotopic (exact) mass is 215 g/mol. The van der Waals surface area contributed by atoms with Crippen LogP contribution in [-0.4, -0.2) is 26.8 Å². The minimum atomic E-state index is 0.271. The van der Waals surface area contributed by atoms with Gasteiger partial charge in [-0.15, -0.1) is 0 Å². The van der Waals surface area contributed by atoms with E-state index in [0.29, 0.717) is 0 Å². The van der Waals surface area contributed by atoms with Crippen molar-refractivity contribution in [2.75, 3.05) is 7.05 Å². The molecule has 0 spiro atoms. The van der Waals surface area contributed by atoms with Gasteiger partial charge < -0.3 is 5.11 Å². The van der Waals surface area contributed by atoms with Crippen molar-refractivity contribution >= 4 is 0 Å². The number of fused-ring (bicyclic) bond motifs is 1. The Morgan fingerprint density at radius 2 is 2.19 bits per heavy atom. The minimum absolute atomic E-state index is 0.271. The topological polar surface area (TPSA) is 41.3 Å². The third-order valence-corrected chi connectivity index (χ3v) is 2.89. The van der Waals surface area contributed by atoms with Gasteiger partial charge in [-0.05, 0) is 19.2 Å². The van der Waals surface area contributed by atoms with Crippen molar-refractivity contribution in [3.8, 4) is 11.4 Å². The Hall–Kier alpha value is -1.81. The van der Waals surface area contributed by atoms with Gasteiger partial charge in [0.2, 0.25) is 0 Å². The van der Waals surface area contributed by atoms with Crippen LogP contribution in [0.25, 0.3) is 5.69 Å². The van der Waals surface area contributed by atoms with E-state index in [0.717, 1.165) is 18.8 Å². The average Bonchev–Trinajstić information content (AvgIpc) is 2.76. The van der Waals surface area contributed by atoms with Gasteiger partial charge in [-0.3, -0.25) is 4.90 Å². The second-order valence-electron chi connectivity index (χ2n) is 4.22. The van der Waals surface area contributed by atoms with E-state index in [1.54, 1.807) is 12.1 Å². The van der Waals surface area contributed by atoms with Crippen molar-refractivity contribution in [2.24, 2.45) is 0 Å². The SMILES string of the molecule is CN1Cc2cnn(-c3cccc(O)c3)c2C1. The molecule has 2 heterocycles. The van der Waals surface area contributed by atoms with E-state index in [1.165, 1.54) is 11.3 Å². The number of hydrogen-bond acceptors (Lipinski definition) is 3. The second-order valence-corrected chi connectivity index (χ2v) is 4.22. The quantitative estimate of drug-likeness (QED) is 0.784. The molecule has 1 aliphatic rings. The Morgan fingerprint density at radius 1 is 1.31 bits per heavy atom. The van der Waals surface area contributed by atoms with Crippen LogP contribution in [0.2, 0.25) is 0 Å². The highest BCUT2D eigenvalue weighted by atomic mass is 16.3. The largest absolute Gasteiger partial charge is 0.508 e. The molecule has 0 aliphatic carbocycles. The highest BCUT2D eigenvalue weighted by Gasteiger charge is 2.21. The van der Waals surface area contributed by atoms with Crippen LogP contribution in [0.4, 0.5) is 0 Å². The summed E-state index contributed by atoms with van der Waals surface area (Å²) in [5.41, 5.74) is 3.40. The molecule has 0 unspecified atom stereocenters. The highest BCUT2D eigenvalue weighted by Crippen LogP contribution is 2.24. The summed E-state index contributed by atoms with van der Waals surface area (Å²) in [4.78, 5) is 2.24. The molecule has 0 fully saturated rings. The van der Waals surface area contributed by atoms with Crippen molar-refractivity contribution in [3.05, 3.63) is 41.7 Å². The lowest BCUT2D eigenvalue weighted by Gasteiger charge is -2.08. The van der Waals surface area contributed by atoms with Gasteiger partial charge in [0, 0.05) is 24.7 Å². The third-order valence-electron chi connectivity index (χ3n) is 2.89. The Bertz CT molecular complexity index is 533. The standard InChI is InChI=1S/C12H13N3O/c1-14-7-9-6-13-15(12(9)8-14)10-3-2-4-11(16)5-10/h2-6,16H,7-8H2,1H3. The van der Waals surface area contributed by atoms with Gasteiger partial charge in [0.1, 0.15) is 5.75 Å². The molecule has 1 N–H and O–H groups in total. The maximum atomic E-state index is 9.46. The van der Waals surface area contributed by atoms with Crippen molar-refractivity contribution in [1.82, 2.24) is 14.7 Å². The molecule has 1 aliphatic heterocycles. The minimum Gasteiger partial charge on any atom is -0.508 e. The van der Waals surface area contributed by atoms with Gasteiger partial charge in [0.05, 0.1) is 17.6 Å². The summed E-state index contributed by atoms with van der Waals surface area (Å²) in [5, 5.41) is 13.8. The number of benzene rings is 1. The molecule has 0 amide bonds. The number of hydrogen-bond donors (Lipinski definition) is 1.